The predicted octanol–water partition coefficient (Wildman–Crippen LogP) is 3.63. The van der Waals surface area contributed by atoms with Gasteiger partial charge in [0, 0.05) is 45.1 Å². The fraction of sp³-hybridized carbons (Fsp3) is 0.462. The van der Waals surface area contributed by atoms with Crippen LogP contribution in [0.1, 0.15) is 99.2 Å². The number of imide groups is 2. The molecule has 6 rings (SSSR count). The number of nitrogens with zero attached hydrogens (tertiary/aromatic N) is 2. The Morgan fingerprint density at radius 3 is 1.48 bits per heavy atom. The van der Waals surface area contributed by atoms with Crippen LogP contribution in [0.3, 0.4) is 0 Å². The maximum atomic E-state index is 13.5. The van der Waals surface area contributed by atoms with Gasteiger partial charge in [0.1, 0.15) is 0 Å². The summed E-state index contributed by atoms with van der Waals surface area (Å²) in [5, 5.41) is 0.881. The number of hydrogen-bond acceptors (Lipinski definition) is 5. The molecule has 2 aromatic rings. The lowest BCUT2D eigenvalue weighted by Gasteiger charge is -2.40. The molecule has 4 aliphatic rings. The molecular weight excluding hydrogens is 418 g/mol. The molecule has 7 nitrogen and oxygen atoms in total. The third kappa shape index (κ3) is 2.84. The highest BCUT2D eigenvalue weighted by Gasteiger charge is 2.44. The van der Waals surface area contributed by atoms with Gasteiger partial charge in [0.05, 0.1) is 6.04 Å². The second kappa shape index (κ2) is 7.48. The molecule has 2 saturated carbocycles. The molecule has 0 bridgehead atoms. The molecule has 2 aliphatic carbocycles. The number of carbonyl (C=O) groups is 4. The summed E-state index contributed by atoms with van der Waals surface area (Å²) in [4.78, 5) is 56.7. The third-order valence-corrected chi connectivity index (χ3v) is 8.01. The van der Waals surface area contributed by atoms with Gasteiger partial charge in [0.25, 0.3) is 23.6 Å². The van der Waals surface area contributed by atoms with Crippen molar-refractivity contribution < 1.29 is 19.2 Å². The first-order valence-corrected chi connectivity index (χ1v) is 12.1. The van der Waals surface area contributed by atoms with Crippen LogP contribution in [0, 0.1) is 0 Å². The second-order valence-corrected chi connectivity index (χ2v) is 9.84. The zero-order chi connectivity index (χ0) is 22.9. The highest BCUT2D eigenvalue weighted by Crippen LogP contribution is 2.40. The van der Waals surface area contributed by atoms with Crippen LogP contribution >= 0.6 is 0 Å². The van der Waals surface area contributed by atoms with Gasteiger partial charge < -0.3 is 5.73 Å². The Morgan fingerprint density at radius 2 is 1.00 bits per heavy atom. The van der Waals surface area contributed by atoms with E-state index < -0.39 is 0 Å². The SMILES string of the molecule is N[C@@H]1CCCC[C@H]1N1C(=O)c2ccc3c4c(ccc(c24)C1=O)C(=O)N(C1CCCCC1)C3=O. The van der Waals surface area contributed by atoms with Crippen LogP contribution in [0.15, 0.2) is 24.3 Å². The standard InChI is InChI=1S/C26H27N3O4/c27-19-8-4-5-9-20(19)29-25(32)17-12-10-15-21-16(11-13-18(22(17)21)26(29)33)24(31)28(23(15)30)14-6-2-1-3-7-14/h10-14,19-20H,1-9,27H2/t19-,20-/m1/s1. The Morgan fingerprint density at radius 1 is 0.576 bits per heavy atom. The number of carbonyl (C=O) groups excluding carboxylic acids is 4. The molecule has 2 atom stereocenters. The molecule has 0 spiro atoms. The molecule has 0 unspecified atom stereocenters. The highest BCUT2D eigenvalue weighted by molar-refractivity contribution is 6.33. The molecule has 0 saturated heterocycles. The average Bonchev–Trinajstić information content (AvgIpc) is 2.83. The van der Waals surface area contributed by atoms with Crippen LogP contribution in [-0.2, 0) is 0 Å². The summed E-state index contributed by atoms with van der Waals surface area (Å²) in [7, 11) is 0. The molecular formula is C26H27N3O4. The molecule has 170 valence electrons. The molecule has 7 heteroatoms. The number of rotatable bonds is 2. The van der Waals surface area contributed by atoms with Crippen molar-refractivity contribution in [3.05, 3.63) is 46.5 Å². The van der Waals surface area contributed by atoms with Gasteiger partial charge in [-0.15, -0.1) is 0 Å². The average molecular weight is 446 g/mol. The monoisotopic (exact) mass is 445 g/mol. The topological polar surface area (TPSA) is 101 Å². The van der Waals surface area contributed by atoms with Crippen LogP contribution in [-0.4, -0.2) is 51.6 Å². The largest absolute Gasteiger partial charge is 0.326 e. The van der Waals surface area contributed by atoms with Crippen LogP contribution in [0.4, 0.5) is 0 Å². The van der Waals surface area contributed by atoms with Gasteiger partial charge in [-0.05, 0) is 49.9 Å². The van der Waals surface area contributed by atoms with E-state index in [4.69, 9.17) is 5.73 Å². The van der Waals surface area contributed by atoms with Crippen molar-refractivity contribution in [1.29, 1.82) is 0 Å². The van der Waals surface area contributed by atoms with Gasteiger partial charge >= 0.3 is 0 Å². The van der Waals surface area contributed by atoms with Crippen LogP contribution < -0.4 is 5.73 Å². The molecule has 2 N–H and O–H groups in total. The molecule has 0 radical (unpaired) electrons. The van der Waals surface area contributed by atoms with Crippen molar-refractivity contribution in [2.24, 2.45) is 5.73 Å². The van der Waals surface area contributed by atoms with Gasteiger partial charge in [0.15, 0.2) is 0 Å². The molecule has 2 aromatic carbocycles. The fourth-order valence-electron chi connectivity index (χ4n) is 6.34. The number of hydrogen-bond donors (Lipinski definition) is 1. The van der Waals surface area contributed by atoms with E-state index in [9.17, 15) is 19.2 Å². The first-order chi connectivity index (χ1) is 16.0. The van der Waals surface area contributed by atoms with Crippen molar-refractivity contribution >= 4 is 34.4 Å². The number of nitrogens with two attached hydrogens (primary N) is 1. The summed E-state index contributed by atoms with van der Waals surface area (Å²) >= 11 is 0. The lowest BCUT2D eigenvalue weighted by Crippen LogP contribution is -2.55. The fourth-order valence-corrected chi connectivity index (χ4v) is 6.34. The summed E-state index contributed by atoms with van der Waals surface area (Å²) in [5.74, 6) is -1.40. The molecule has 2 aliphatic heterocycles. The van der Waals surface area contributed by atoms with Crippen LogP contribution in [0.25, 0.3) is 10.8 Å². The van der Waals surface area contributed by atoms with E-state index in [2.05, 4.69) is 0 Å². The number of benzene rings is 2. The minimum atomic E-state index is -0.381. The van der Waals surface area contributed by atoms with E-state index in [1.54, 1.807) is 24.3 Å². The maximum absolute atomic E-state index is 13.5. The van der Waals surface area contributed by atoms with Crippen molar-refractivity contribution in [3.8, 4) is 0 Å². The Bertz CT molecular complexity index is 1160. The zero-order valence-corrected chi connectivity index (χ0v) is 18.5. The second-order valence-electron chi connectivity index (χ2n) is 9.84. The van der Waals surface area contributed by atoms with Crippen molar-refractivity contribution in [3.63, 3.8) is 0 Å². The molecule has 33 heavy (non-hydrogen) atoms. The van der Waals surface area contributed by atoms with E-state index in [-0.39, 0.29) is 41.8 Å². The molecule has 2 heterocycles. The van der Waals surface area contributed by atoms with Gasteiger partial charge in [-0.25, -0.2) is 0 Å². The summed E-state index contributed by atoms with van der Waals surface area (Å²) in [6.45, 7) is 0. The predicted molar refractivity (Wildman–Crippen MR) is 122 cm³/mol. The third-order valence-electron chi connectivity index (χ3n) is 8.01. The normalized spacial score (nSPS) is 25.8. The summed E-state index contributed by atoms with van der Waals surface area (Å²) in [6.07, 6.45) is 8.16. The maximum Gasteiger partial charge on any atom is 0.261 e. The highest BCUT2D eigenvalue weighted by atomic mass is 16.2. The first-order valence-electron chi connectivity index (χ1n) is 12.1. The van der Waals surface area contributed by atoms with Gasteiger partial charge in [-0.3, -0.25) is 29.0 Å². The Labute approximate surface area is 191 Å². The Hall–Kier alpha value is -3.06. The quantitative estimate of drug-likeness (QED) is 0.712. The minimum Gasteiger partial charge on any atom is -0.326 e. The van der Waals surface area contributed by atoms with E-state index in [0.717, 1.165) is 51.4 Å². The van der Waals surface area contributed by atoms with Gasteiger partial charge in [-0.2, -0.15) is 0 Å². The van der Waals surface area contributed by atoms with Crippen molar-refractivity contribution in [2.75, 3.05) is 0 Å². The lowest BCUT2D eigenvalue weighted by molar-refractivity contribution is 0.0467. The van der Waals surface area contributed by atoms with E-state index in [1.807, 2.05) is 0 Å². The molecule has 0 aromatic heterocycles. The van der Waals surface area contributed by atoms with Crippen molar-refractivity contribution in [2.45, 2.75) is 75.9 Å². The summed E-state index contributed by atoms with van der Waals surface area (Å²) in [5.41, 5.74) is 7.86. The van der Waals surface area contributed by atoms with Crippen LogP contribution in [0.5, 0.6) is 0 Å². The smallest absolute Gasteiger partial charge is 0.261 e. The lowest BCUT2D eigenvalue weighted by atomic mass is 9.82. The van der Waals surface area contributed by atoms with E-state index >= 15 is 0 Å². The van der Waals surface area contributed by atoms with Gasteiger partial charge in [0.2, 0.25) is 0 Å². The zero-order valence-electron chi connectivity index (χ0n) is 18.5. The summed E-state index contributed by atoms with van der Waals surface area (Å²) < 4.78 is 0. The van der Waals surface area contributed by atoms with Crippen LogP contribution in [0.2, 0.25) is 0 Å². The summed E-state index contributed by atoms with van der Waals surface area (Å²) in [6, 6.07) is 5.93. The number of amides is 4. The van der Waals surface area contributed by atoms with E-state index in [0.29, 0.717) is 39.4 Å². The Balaban J connectivity index is 1.49. The van der Waals surface area contributed by atoms with Crippen molar-refractivity contribution in [1.82, 2.24) is 9.80 Å². The van der Waals surface area contributed by atoms with Gasteiger partial charge in [-0.1, -0.05) is 32.1 Å². The molecule has 2 fully saturated rings. The molecule has 4 amide bonds. The minimum absolute atomic E-state index is 0.0965. The van der Waals surface area contributed by atoms with E-state index in [1.165, 1.54) is 9.80 Å². The first kappa shape index (κ1) is 20.5. The Kier molecular flexibility index (Phi) is 4.66.